The minimum Gasteiger partial charge on any atom is -0.318 e. The van der Waals surface area contributed by atoms with E-state index in [-0.39, 0.29) is 5.54 Å². The number of nitrogens with two attached hydrogens (primary N) is 1. The zero-order valence-electron chi connectivity index (χ0n) is 8.22. The fourth-order valence-corrected chi connectivity index (χ4v) is 2.72. The average molecular weight is 190 g/mol. The van der Waals surface area contributed by atoms with Gasteiger partial charge in [-0.2, -0.15) is 0 Å². The molecule has 0 aromatic carbocycles. The van der Waals surface area contributed by atoms with Crippen molar-refractivity contribution in [3.05, 3.63) is 24.3 Å². The van der Waals surface area contributed by atoms with Gasteiger partial charge >= 0.3 is 0 Å². The van der Waals surface area contributed by atoms with E-state index < -0.39 is 0 Å². The molecule has 4 nitrogen and oxygen atoms in total. The van der Waals surface area contributed by atoms with Crippen LogP contribution in [-0.4, -0.2) is 35.0 Å². The highest BCUT2D eigenvalue weighted by molar-refractivity contribution is 5.27. The third-order valence-corrected chi connectivity index (χ3v) is 3.57. The maximum absolute atomic E-state index is 6.33. The first-order valence-corrected chi connectivity index (χ1v) is 4.98. The summed E-state index contributed by atoms with van der Waals surface area (Å²) in [6.45, 7) is 2.17. The van der Waals surface area contributed by atoms with Gasteiger partial charge in [-0.05, 0) is 13.1 Å². The van der Waals surface area contributed by atoms with E-state index >= 15 is 0 Å². The lowest BCUT2D eigenvalue weighted by atomic mass is 10.1. The Morgan fingerprint density at radius 3 is 2.50 bits per heavy atom. The van der Waals surface area contributed by atoms with Crippen molar-refractivity contribution < 1.29 is 0 Å². The van der Waals surface area contributed by atoms with Crippen LogP contribution in [0, 0.1) is 11.8 Å². The molecule has 2 heterocycles. The molecule has 2 aliphatic rings. The fraction of sp³-hybridized carbons (Fsp3) is 0.600. The average Bonchev–Trinajstić information content (AvgIpc) is 2.62. The third-order valence-electron chi connectivity index (χ3n) is 3.57. The smallest absolute Gasteiger partial charge is 0.148 e. The van der Waals surface area contributed by atoms with Crippen molar-refractivity contribution in [2.24, 2.45) is 17.6 Å². The molecule has 3 rings (SSSR count). The lowest BCUT2D eigenvalue weighted by Crippen LogP contribution is -2.35. The predicted molar refractivity (Wildman–Crippen MR) is 52.4 cm³/mol. The molecule has 14 heavy (non-hydrogen) atoms. The van der Waals surface area contributed by atoms with Gasteiger partial charge in [-0.1, -0.05) is 0 Å². The van der Waals surface area contributed by atoms with Crippen molar-refractivity contribution in [1.82, 2.24) is 14.9 Å². The molecule has 0 spiro atoms. The summed E-state index contributed by atoms with van der Waals surface area (Å²) in [7, 11) is 2.14. The minimum absolute atomic E-state index is 0.228. The molecular weight excluding hydrogens is 176 g/mol. The van der Waals surface area contributed by atoms with Crippen LogP contribution < -0.4 is 5.73 Å². The van der Waals surface area contributed by atoms with E-state index in [2.05, 4.69) is 21.9 Å². The highest BCUT2D eigenvalue weighted by Gasteiger charge is 2.68. The van der Waals surface area contributed by atoms with Gasteiger partial charge in [0.2, 0.25) is 0 Å². The van der Waals surface area contributed by atoms with Gasteiger partial charge < -0.3 is 10.6 Å². The molecule has 4 heteroatoms. The minimum atomic E-state index is -0.228. The van der Waals surface area contributed by atoms with Gasteiger partial charge in [0.25, 0.3) is 0 Å². The molecule has 1 saturated heterocycles. The Bertz CT molecular complexity index is 338. The van der Waals surface area contributed by atoms with E-state index in [1.807, 2.05) is 6.07 Å². The quantitative estimate of drug-likeness (QED) is 0.667. The lowest BCUT2D eigenvalue weighted by molar-refractivity contribution is 0.321. The maximum Gasteiger partial charge on any atom is 0.148 e. The van der Waals surface area contributed by atoms with Crippen LogP contribution in [-0.2, 0) is 5.54 Å². The van der Waals surface area contributed by atoms with Gasteiger partial charge in [0.15, 0.2) is 0 Å². The van der Waals surface area contributed by atoms with E-state index in [0.29, 0.717) is 11.8 Å². The summed E-state index contributed by atoms with van der Waals surface area (Å²) in [5.41, 5.74) is 6.10. The van der Waals surface area contributed by atoms with Gasteiger partial charge in [0.1, 0.15) is 5.82 Å². The highest BCUT2D eigenvalue weighted by atomic mass is 15.2. The van der Waals surface area contributed by atoms with E-state index in [9.17, 15) is 0 Å². The molecule has 1 aromatic rings. The summed E-state index contributed by atoms with van der Waals surface area (Å²) in [5.74, 6) is 1.95. The second-order valence-corrected chi connectivity index (χ2v) is 4.44. The Morgan fingerprint density at radius 2 is 1.93 bits per heavy atom. The van der Waals surface area contributed by atoms with Gasteiger partial charge in [0.05, 0.1) is 5.54 Å². The Balaban J connectivity index is 1.89. The number of rotatable bonds is 1. The van der Waals surface area contributed by atoms with Crippen molar-refractivity contribution in [2.75, 3.05) is 20.1 Å². The van der Waals surface area contributed by atoms with Crippen LogP contribution in [0.15, 0.2) is 18.5 Å². The molecule has 0 bridgehead atoms. The lowest BCUT2D eigenvalue weighted by Gasteiger charge is -2.18. The number of hydrogen-bond donors (Lipinski definition) is 1. The number of fused-ring (bicyclic) bond motifs is 1. The molecule has 1 aliphatic carbocycles. The molecule has 1 aromatic heterocycles. The number of hydrogen-bond acceptors (Lipinski definition) is 4. The van der Waals surface area contributed by atoms with Gasteiger partial charge in [-0.15, -0.1) is 0 Å². The van der Waals surface area contributed by atoms with Crippen molar-refractivity contribution in [3.63, 3.8) is 0 Å². The second kappa shape index (κ2) is 2.52. The highest BCUT2D eigenvalue weighted by Crippen LogP contribution is 2.58. The van der Waals surface area contributed by atoms with Crippen LogP contribution in [0.1, 0.15) is 5.82 Å². The van der Waals surface area contributed by atoms with Crippen molar-refractivity contribution in [1.29, 1.82) is 0 Å². The molecule has 1 saturated carbocycles. The maximum atomic E-state index is 6.33. The SMILES string of the molecule is CN1CC2C(C1)C2(N)c1ncccn1. The first-order chi connectivity index (χ1) is 6.73. The molecule has 2 N–H and O–H groups in total. The molecule has 1 aliphatic heterocycles. The first kappa shape index (κ1) is 8.32. The first-order valence-electron chi connectivity index (χ1n) is 4.98. The third kappa shape index (κ3) is 0.898. The topological polar surface area (TPSA) is 55.0 Å². The number of piperidine rings is 1. The Hall–Kier alpha value is -1.00. The summed E-state index contributed by atoms with van der Waals surface area (Å²) in [6, 6.07) is 1.83. The Morgan fingerprint density at radius 1 is 1.36 bits per heavy atom. The summed E-state index contributed by atoms with van der Waals surface area (Å²) in [6.07, 6.45) is 3.55. The molecule has 2 fully saturated rings. The van der Waals surface area contributed by atoms with Crippen molar-refractivity contribution >= 4 is 0 Å². The predicted octanol–water partition coefficient (Wildman–Crippen LogP) is -0.178. The zero-order valence-corrected chi connectivity index (χ0v) is 8.22. The van der Waals surface area contributed by atoms with Crippen molar-refractivity contribution in [3.8, 4) is 0 Å². The Labute approximate surface area is 83.1 Å². The van der Waals surface area contributed by atoms with E-state index in [4.69, 9.17) is 5.73 Å². The van der Waals surface area contributed by atoms with Gasteiger partial charge in [-0.3, -0.25) is 0 Å². The number of likely N-dealkylation sites (tertiary alicyclic amines) is 1. The summed E-state index contributed by atoms with van der Waals surface area (Å²) in [4.78, 5) is 10.9. The molecule has 0 radical (unpaired) electrons. The molecule has 74 valence electrons. The molecular formula is C10H14N4. The van der Waals surface area contributed by atoms with Crippen LogP contribution in [0.5, 0.6) is 0 Å². The molecule has 2 unspecified atom stereocenters. The van der Waals surface area contributed by atoms with Gasteiger partial charge in [0, 0.05) is 37.3 Å². The van der Waals surface area contributed by atoms with Crippen LogP contribution >= 0.6 is 0 Å². The fourth-order valence-electron chi connectivity index (χ4n) is 2.72. The van der Waals surface area contributed by atoms with Crippen LogP contribution in [0.2, 0.25) is 0 Å². The van der Waals surface area contributed by atoms with Crippen LogP contribution in [0.3, 0.4) is 0 Å². The largest absolute Gasteiger partial charge is 0.318 e. The van der Waals surface area contributed by atoms with Crippen LogP contribution in [0.25, 0.3) is 0 Å². The standard InChI is InChI=1S/C10H14N4/c1-14-5-7-8(6-14)10(7,11)9-12-3-2-4-13-9/h2-4,7-8H,5-6,11H2,1H3. The summed E-state index contributed by atoms with van der Waals surface area (Å²) < 4.78 is 0. The summed E-state index contributed by atoms with van der Waals surface area (Å²) in [5, 5.41) is 0. The monoisotopic (exact) mass is 190 g/mol. The van der Waals surface area contributed by atoms with Gasteiger partial charge in [-0.25, -0.2) is 9.97 Å². The molecule has 0 amide bonds. The number of aromatic nitrogens is 2. The van der Waals surface area contributed by atoms with E-state index in [0.717, 1.165) is 18.9 Å². The molecule has 2 atom stereocenters. The van der Waals surface area contributed by atoms with Crippen LogP contribution in [0.4, 0.5) is 0 Å². The zero-order chi connectivity index (χ0) is 9.76. The van der Waals surface area contributed by atoms with E-state index in [1.165, 1.54) is 0 Å². The Kier molecular flexibility index (Phi) is 1.50. The normalized spacial score (nSPS) is 41.0. The second-order valence-electron chi connectivity index (χ2n) is 4.44. The van der Waals surface area contributed by atoms with Crippen molar-refractivity contribution in [2.45, 2.75) is 5.54 Å². The van der Waals surface area contributed by atoms with E-state index in [1.54, 1.807) is 12.4 Å². The number of nitrogens with zero attached hydrogens (tertiary/aromatic N) is 3. The summed E-state index contributed by atoms with van der Waals surface area (Å²) >= 11 is 0.